The minimum absolute atomic E-state index is 0.0486. The lowest BCUT2D eigenvalue weighted by Gasteiger charge is -2.26. The summed E-state index contributed by atoms with van der Waals surface area (Å²) in [6.07, 6.45) is 1.72. The smallest absolute Gasteiger partial charge is 0.264 e. The average Bonchev–Trinajstić information content (AvgIpc) is 2.90. The number of hydrogen-bond donors (Lipinski definition) is 1. The van der Waals surface area contributed by atoms with E-state index in [0.29, 0.717) is 18.0 Å². The summed E-state index contributed by atoms with van der Waals surface area (Å²) >= 11 is 0. The van der Waals surface area contributed by atoms with Crippen molar-refractivity contribution in [2.24, 2.45) is 5.92 Å². The van der Waals surface area contributed by atoms with Gasteiger partial charge in [0.25, 0.3) is 10.0 Å². The van der Waals surface area contributed by atoms with Crippen LogP contribution in [0, 0.1) is 5.92 Å². The summed E-state index contributed by atoms with van der Waals surface area (Å²) < 4.78 is 38.9. The molecule has 1 amide bonds. The van der Waals surface area contributed by atoms with Crippen LogP contribution in [-0.4, -0.2) is 41.6 Å². The molecule has 0 aromatic heterocycles. The van der Waals surface area contributed by atoms with Crippen LogP contribution in [-0.2, 0) is 21.2 Å². The Kier molecular flexibility index (Phi) is 9.14. The van der Waals surface area contributed by atoms with Crippen molar-refractivity contribution in [2.75, 3.05) is 31.6 Å². The zero-order valence-electron chi connectivity index (χ0n) is 20.3. The normalized spacial score (nSPS) is 12.0. The van der Waals surface area contributed by atoms with E-state index in [2.05, 4.69) is 24.4 Å². The maximum Gasteiger partial charge on any atom is 0.264 e. The van der Waals surface area contributed by atoms with Crippen LogP contribution in [0.25, 0.3) is 0 Å². The molecule has 1 N–H and O–H groups in total. The van der Waals surface area contributed by atoms with Gasteiger partial charge in [-0.05, 0) is 54.3 Å². The average molecular weight is 497 g/mol. The lowest BCUT2D eigenvalue weighted by Crippen LogP contribution is -2.42. The SMILES string of the molecule is CCC(CNC(=O)CN(c1ccccc1OC)S(=O)(=O)c1ccc(OC)cc1)Cc1ccccc1. The standard InChI is InChI=1S/C27H32N2O5S/c1-4-21(18-22-10-6-5-7-11-22)19-28-27(30)20-29(25-12-8-9-13-26(25)34-3)35(31,32)24-16-14-23(33-2)15-17-24/h5-17,21H,4,18-20H2,1-3H3,(H,28,30). The molecule has 0 aliphatic rings. The molecule has 0 aliphatic heterocycles. The van der Waals surface area contributed by atoms with Crippen molar-refractivity contribution >= 4 is 21.6 Å². The monoisotopic (exact) mass is 496 g/mol. The van der Waals surface area contributed by atoms with Crippen LogP contribution in [0.15, 0.2) is 83.8 Å². The quantitative estimate of drug-likeness (QED) is 0.405. The second-order valence-corrected chi connectivity index (χ2v) is 9.99. The Labute approximate surface area is 207 Å². The molecule has 1 unspecified atom stereocenters. The van der Waals surface area contributed by atoms with Gasteiger partial charge in [0.05, 0.1) is 24.8 Å². The van der Waals surface area contributed by atoms with Crippen LogP contribution < -0.4 is 19.1 Å². The number of hydrogen-bond acceptors (Lipinski definition) is 5. The number of nitrogens with one attached hydrogen (secondary N) is 1. The first-order chi connectivity index (χ1) is 16.9. The number of sulfonamides is 1. The van der Waals surface area contributed by atoms with E-state index < -0.39 is 10.0 Å². The summed E-state index contributed by atoms with van der Waals surface area (Å²) in [5.74, 6) is 0.737. The molecular formula is C27H32N2O5S. The van der Waals surface area contributed by atoms with Gasteiger partial charge in [-0.1, -0.05) is 55.8 Å². The zero-order chi connectivity index (χ0) is 25.3. The Bertz CT molecular complexity index is 1200. The van der Waals surface area contributed by atoms with Crippen LogP contribution in [0.4, 0.5) is 5.69 Å². The van der Waals surface area contributed by atoms with Gasteiger partial charge in [-0.2, -0.15) is 0 Å². The van der Waals surface area contributed by atoms with Crippen LogP contribution >= 0.6 is 0 Å². The number of carbonyl (C=O) groups is 1. The summed E-state index contributed by atoms with van der Waals surface area (Å²) in [6.45, 7) is 2.15. The topological polar surface area (TPSA) is 84.9 Å². The molecule has 3 rings (SSSR count). The number of para-hydroxylation sites is 2. The molecule has 3 aromatic carbocycles. The minimum Gasteiger partial charge on any atom is -0.497 e. The van der Waals surface area contributed by atoms with Gasteiger partial charge in [0, 0.05) is 6.54 Å². The Morgan fingerprint density at radius 2 is 1.57 bits per heavy atom. The van der Waals surface area contributed by atoms with Crippen molar-refractivity contribution in [3.8, 4) is 11.5 Å². The molecule has 0 saturated heterocycles. The predicted molar refractivity (Wildman–Crippen MR) is 137 cm³/mol. The lowest BCUT2D eigenvalue weighted by atomic mass is 9.97. The van der Waals surface area contributed by atoms with Gasteiger partial charge >= 0.3 is 0 Å². The van der Waals surface area contributed by atoms with Crippen molar-refractivity contribution in [3.05, 3.63) is 84.4 Å². The molecule has 3 aromatic rings. The summed E-state index contributed by atoms with van der Waals surface area (Å²) in [5.41, 5.74) is 1.49. The summed E-state index contributed by atoms with van der Waals surface area (Å²) in [4.78, 5) is 13.0. The molecule has 186 valence electrons. The third kappa shape index (κ3) is 6.76. The van der Waals surface area contributed by atoms with E-state index >= 15 is 0 Å². The van der Waals surface area contributed by atoms with Crippen molar-refractivity contribution in [3.63, 3.8) is 0 Å². The Balaban J connectivity index is 1.82. The van der Waals surface area contributed by atoms with E-state index in [4.69, 9.17) is 9.47 Å². The largest absolute Gasteiger partial charge is 0.497 e. The maximum atomic E-state index is 13.6. The highest BCUT2D eigenvalue weighted by atomic mass is 32.2. The number of rotatable bonds is 12. The molecule has 0 aliphatic carbocycles. The molecule has 0 radical (unpaired) electrons. The van der Waals surface area contributed by atoms with Crippen LogP contribution in [0.1, 0.15) is 18.9 Å². The number of nitrogens with zero attached hydrogens (tertiary/aromatic N) is 1. The fourth-order valence-corrected chi connectivity index (χ4v) is 5.19. The first-order valence-electron chi connectivity index (χ1n) is 11.5. The van der Waals surface area contributed by atoms with E-state index in [1.54, 1.807) is 36.4 Å². The zero-order valence-corrected chi connectivity index (χ0v) is 21.1. The third-order valence-corrected chi connectivity index (χ3v) is 7.59. The predicted octanol–water partition coefficient (Wildman–Crippen LogP) is 4.28. The highest BCUT2D eigenvalue weighted by molar-refractivity contribution is 7.92. The van der Waals surface area contributed by atoms with Gasteiger partial charge in [-0.25, -0.2) is 8.42 Å². The van der Waals surface area contributed by atoms with E-state index in [-0.39, 0.29) is 29.0 Å². The van der Waals surface area contributed by atoms with Crippen molar-refractivity contribution in [1.82, 2.24) is 5.32 Å². The second-order valence-electron chi connectivity index (χ2n) is 8.13. The first-order valence-corrected chi connectivity index (χ1v) is 12.9. The van der Waals surface area contributed by atoms with Gasteiger partial charge in [0.1, 0.15) is 18.0 Å². The molecule has 7 nitrogen and oxygen atoms in total. The molecule has 0 heterocycles. The minimum atomic E-state index is -4.06. The van der Waals surface area contributed by atoms with Gasteiger partial charge < -0.3 is 14.8 Å². The molecule has 0 saturated carbocycles. The second kappa shape index (κ2) is 12.3. The van der Waals surface area contributed by atoms with Crippen LogP contribution in [0.2, 0.25) is 0 Å². The third-order valence-electron chi connectivity index (χ3n) is 5.82. The van der Waals surface area contributed by atoms with Gasteiger partial charge in [-0.15, -0.1) is 0 Å². The number of amides is 1. The Morgan fingerprint density at radius 3 is 2.20 bits per heavy atom. The van der Waals surface area contributed by atoms with E-state index in [1.807, 2.05) is 18.2 Å². The van der Waals surface area contributed by atoms with Crippen molar-refractivity contribution < 1.29 is 22.7 Å². The Morgan fingerprint density at radius 1 is 0.914 bits per heavy atom. The Hall–Kier alpha value is -3.52. The van der Waals surface area contributed by atoms with Crippen LogP contribution in [0.5, 0.6) is 11.5 Å². The molecular weight excluding hydrogens is 464 g/mol. The summed E-state index contributed by atoms with van der Waals surface area (Å²) in [6, 6.07) is 22.9. The van der Waals surface area contributed by atoms with Gasteiger partial charge in [0.2, 0.25) is 5.91 Å². The van der Waals surface area contributed by atoms with Gasteiger partial charge in [0.15, 0.2) is 0 Å². The number of ether oxygens (including phenoxy) is 2. The van der Waals surface area contributed by atoms with E-state index in [9.17, 15) is 13.2 Å². The number of benzene rings is 3. The molecule has 1 atom stereocenters. The molecule has 0 fully saturated rings. The fourth-order valence-electron chi connectivity index (χ4n) is 3.76. The summed E-state index contributed by atoms with van der Waals surface area (Å²) in [5, 5.41) is 2.93. The van der Waals surface area contributed by atoms with Gasteiger partial charge in [-0.3, -0.25) is 9.10 Å². The number of anilines is 1. The highest BCUT2D eigenvalue weighted by Gasteiger charge is 2.29. The number of methoxy groups -OCH3 is 2. The van der Waals surface area contributed by atoms with E-state index in [0.717, 1.165) is 17.1 Å². The van der Waals surface area contributed by atoms with E-state index in [1.165, 1.54) is 31.9 Å². The molecule has 0 spiro atoms. The van der Waals surface area contributed by atoms with Crippen molar-refractivity contribution in [2.45, 2.75) is 24.7 Å². The molecule has 35 heavy (non-hydrogen) atoms. The lowest BCUT2D eigenvalue weighted by molar-refractivity contribution is -0.119. The summed E-state index contributed by atoms with van der Waals surface area (Å²) in [7, 11) is -1.09. The maximum absolute atomic E-state index is 13.6. The highest BCUT2D eigenvalue weighted by Crippen LogP contribution is 2.32. The van der Waals surface area contributed by atoms with Crippen molar-refractivity contribution in [1.29, 1.82) is 0 Å². The fraction of sp³-hybridized carbons (Fsp3) is 0.296. The molecule has 0 bridgehead atoms. The molecule has 8 heteroatoms. The first kappa shape index (κ1) is 26.1. The number of carbonyl (C=O) groups excluding carboxylic acids is 1. The van der Waals surface area contributed by atoms with Crippen LogP contribution in [0.3, 0.4) is 0 Å².